The van der Waals surface area contributed by atoms with Gasteiger partial charge in [-0.25, -0.2) is 0 Å². The molecule has 1 aliphatic carbocycles. The Hall–Kier alpha value is -0.910. The summed E-state index contributed by atoms with van der Waals surface area (Å²) in [5, 5.41) is 12.6. The third kappa shape index (κ3) is 2.18. The fourth-order valence-electron chi connectivity index (χ4n) is 2.80. The molecule has 1 saturated carbocycles. The lowest BCUT2D eigenvalue weighted by molar-refractivity contribution is -0.143. The van der Waals surface area contributed by atoms with Gasteiger partial charge in [0.2, 0.25) is 5.91 Å². The summed E-state index contributed by atoms with van der Waals surface area (Å²) in [4.78, 5) is 14.4. The van der Waals surface area contributed by atoms with Crippen LogP contribution in [-0.2, 0) is 4.79 Å². The van der Waals surface area contributed by atoms with Crippen LogP contribution in [0.1, 0.15) is 32.1 Å². The van der Waals surface area contributed by atoms with Gasteiger partial charge in [-0.05, 0) is 31.9 Å². The van der Waals surface area contributed by atoms with E-state index in [0.717, 1.165) is 32.4 Å². The van der Waals surface area contributed by atoms with Gasteiger partial charge >= 0.3 is 0 Å². The number of oxime groups is 1. The normalized spacial score (nSPS) is 24.7. The Balaban J connectivity index is 2.03. The molecule has 2 fully saturated rings. The Labute approximate surface area is 112 Å². The molecule has 1 amide bonds. The topological polar surface area (TPSA) is 78.9 Å². The number of carbonyl (C=O) groups is 1. The van der Waals surface area contributed by atoms with E-state index in [9.17, 15) is 4.79 Å². The lowest BCUT2D eigenvalue weighted by atomic mass is 9.66. The van der Waals surface area contributed by atoms with Crippen molar-refractivity contribution in [3.63, 3.8) is 0 Å². The van der Waals surface area contributed by atoms with Crippen LogP contribution in [0.5, 0.6) is 0 Å². The summed E-state index contributed by atoms with van der Waals surface area (Å²) < 4.78 is 0. The van der Waals surface area contributed by atoms with E-state index in [1.807, 2.05) is 16.7 Å². The minimum atomic E-state index is -0.707. The van der Waals surface area contributed by atoms with E-state index in [1.54, 1.807) is 0 Å². The average molecular weight is 271 g/mol. The Kier molecular flexibility index (Phi) is 4.04. The van der Waals surface area contributed by atoms with Gasteiger partial charge in [0.05, 0.1) is 0 Å². The van der Waals surface area contributed by atoms with Crippen molar-refractivity contribution in [1.82, 2.24) is 4.90 Å². The molecule has 6 heteroatoms. The van der Waals surface area contributed by atoms with Crippen LogP contribution in [0, 0.1) is 5.41 Å². The number of amidine groups is 1. The van der Waals surface area contributed by atoms with Gasteiger partial charge in [0.15, 0.2) is 5.84 Å². The van der Waals surface area contributed by atoms with Gasteiger partial charge < -0.3 is 15.8 Å². The van der Waals surface area contributed by atoms with Crippen LogP contribution in [-0.4, -0.2) is 46.4 Å². The first kappa shape index (κ1) is 13.5. The number of thioether (sulfide) groups is 1. The first-order valence-corrected chi connectivity index (χ1v) is 7.73. The summed E-state index contributed by atoms with van der Waals surface area (Å²) in [6, 6.07) is 0. The molecule has 0 spiro atoms. The quantitative estimate of drug-likeness (QED) is 0.350. The Morgan fingerprint density at radius 2 is 2.06 bits per heavy atom. The highest BCUT2D eigenvalue weighted by Gasteiger charge is 2.50. The number of piperidine rings is 1. The van der Waals surface area contributed by atoms with Crippen molar-refractivity contribution in [2.24, 2.45) is 16.3 Å². The number of carbonyl (C=O) groups excluding carboxylic acids is 1. The molecule has 3 N–H and O–H groups in total. The maximum Gasteiger partial charge on any atom is 0.236 e. The van der Waals surface area contributed by atoms with Crippen molar-refractivity contribution in [2.75, 3.05) is 19.3 Å². The number of nitrogens with two attached hydrogens (primary N) is 1. The lowest BCUT2D eigenvalue weighted by Crippen LogP contribution is -2.56. The largest absolute Gasteiger partial charge is 0.409 e. The first-order valence-electron chi connectivity index (χ1n) is 6.44. The summed E-state index contributed by atoms with van der Waals surface area (Å²) in [5.74, 6) is 0.148. The van der Waals surface area contributed by atoms with Gasteiger partial charge in [-0.1, -0.05) is 11.6 Å². The highest BCUT2D eigenvalue weighted by Crippen LogP contribution is 2.43. The van der Waals surface area contributed by atoms with Crippen molar-refractivity contribution in [1.29, 1.82) is 0 Å². The van der Waals surface area contributed by atoms with Crippen molar-refractivity contribution >= 4 is 23.5 Å². The summed E-state index contributed by atoms with van der Waals surface area (Å²) in [6.07, 6.45) is 6.60. The number of amides is 1. The number of rotatable bonds is 3. The maximum atomic E-state index is 12.5. The zero-order valence-electron chi connectivity index (χ0n) is 10.8. The summed E-state index contributed by atoms with van der Waals surface area (Å²) in [6.45, 7) is 1.59. The van der Waals surface area contributed by atoms with Gasteiger partial charge in [-0.2, -0.15) is 11.8 Å². The molecule has 1 saturated heterocycles. The van der Waals surface area contributed by atoms with E-state index in [-0.39, 0.29) is 11.7 Å². The van der Waals surface area contributed by atoms with E-state index in [2.05, 4.69) is 11.4 Å². The molecule has 102 valence electrons. The summed E-state index contributed by atoms with van der Waals surface area (Å²) in [7, 11) is 0. The van der Waals surface area contributed by atoms with Gasteiger partial charge in [-0.15, -0.1) is 0 Å². The molecule has 0 aromatic heterocycles. The van der Waals surface area contributed by atoms with Crippen molar-refractivity contribution in [3.05, 3.63) is 0 Å². The third-order valence-corrected chi connectivity index (χ3v) is 5.42. The zero-order chi connectivity index (χ0) is 13.2. The van der Waals surface area contributed by atoms with E-state index >= 15 is 0 Å². The predicted octanol–water partition coefficient (Wildman–Crippen LogP) is 1.26. The second kappa shape index (κ2) is 5.38. The van der Waals surface area contributed by atoms with Crippen molar-refractivity contribution in [2.45, 2.75) is 37.4 Å². The molecular formula is C12H21N3O2S. The first-order chi connectivity index (χ1) is 8.64. The van der Waals surface area contributed by atoms with Crippen LogP contribution in [0.4, 0.5) is 0 Å². The van der Waals surface area contributed by atoms with E-state index < -0.39 is 5.41 Å². The highest BCUT2D eigenvalue weighted by molar-refractivity contribution is 7.99. The fraction of sp³-hybridized carbons (Fsp3) is 0.833. The monoisotopic (exact) mass is 271 g/mol. The number of nitrogens with zero attached hydrogens (tertiary/aromatic N) is 2. The minimum absolute atomic E-state index is 0.0589. The standard InChI is InChI=1S/C12H21N3O2S/c1-18-9-3-7-15(8-4-9)11(16)12(5-2-6-12)10(13)14-17/h9,17H,2-8H2,1H3,(H2,13,14). The van der Waals surface area contributed by atoms with Gasteiger partial charge in [0, 0.05) is 18.3 Å². The zero-order valence-corrected chi connectivity index (χ0v) is 11.6. The number of likely N-dealkylation sites (tertiary alicyclic amines) is 1. The second-order valence-corrected chi connectivity index (χ2v) is 6.29. The number of hydrogen-bond acceptors (Lipinski definition) is 4. The Bertz CT molecular complexity index is 347. The minimum Gasteiger partial charge on any atom is -0.409 e. The van der Waals surface area contributed by atoms with E-state index in [0.29, 0.717) is 18.1 Å². The van der Waals surface area contributed by atoms with Crippen LogP contribution in [0.25, 0.3) is 0 Å². The van der Waals surface area contributed by atoms with Crippen molar-refractivity contribution in [3.8, 4) is 0 Å². The van der Waals surface area contributed by atoms with Gasteiger partial charge in [-0.3, -0.25) is 4.79 Å². The van der Waals surface area contributed by atoms with Gasteiger partial charge in [0.25, 0.3) is 0 Å². The Morgan fingerprint density at radius 1 is 1.44 bits per heavy atom. The second-order valence-electron chi connectivity index (χ2n) is 5.15. The SMILES string of the molecule is CSC1CCN(C(=O)C2(C(N)=NO)CCC2)CC1. The average Bonchev–Trinajstić information content (AvgIpc) is 2.37. The molecule has 2 rings (SSSR count). The molecular weight excluding hydrogens is 250 g/mol. The molecule has 1 aliphatic heterocycles. The van der Waals surface area contributed by atoms with Crippen LogP contribution in [0.3, 0.4) is 0 Å². The van der Waals surface area contributed by atoms with E-state index in [4.69, 9.17) is 10.9 Å². The molecule has 18 heavy (non-hydrogen) atoms. The lowest BCUT2D eigenvalue weighted by Gasteiger charge is -2.44. The molecule has 1 heterocycles. The molecule has 0 aromatic carbocycles. The maximum absolute atomic E-state index is 12.5. The van der Waals surface area contributed by atoms with E-state index in [1.165, 1.54) is 0 Å². The van der Waals surface area contributed by atoms with Crippen LogP contribution >= 0.6 is 11.8 Å². The number of hydrogen-bond donors (Lipinski definition) is 2. The summed E-state index contributed by atoms with van der Waals surface area (Å²) in [5.41, 5.74) is 5.02. The molecule has 0 radical (unpaired) electrons. The predicted molar refractivity (Wildman–Crippen MR) is 72.8 cm³/mol. The third-order valence-electron chi connectivity index (χ3n) is 4.28. The molecule has 0 bridgehead atoms. The van der Waals surface area contributed by atoms with Crippen LogP contribution in [0.15, 0.2) is 5.16 Å². The molecule has 0 atom stereocenters. The fourth-order valence-corrected chi connectivity index (χ4v) is 3.49. The van der Waals surface area contributed by atoms with Crippen LogP contribution in [0.2, 0.25) is 0 Å². The van der Waals surface area contributed by atoms with Gasteiger partial charge in [0.1, 0.15) is 5.41 Å². The van der Waals surface area contributed by atoms with Crippen LogP contribution < -0.4 is 5.73 Å². The van der Waals surface area contributed by atoms with Crippen molar-refractivity contribution < 1.29 is 10.0 Å². The smallest absolute Gasteiger partial charge is 0.236 e. The molecule has 0 aromatic rings. The molecule has 0 unspecified atom stereocenters. The molecule has 5 nitrogen and oxygen atoms in total. The Morgan fingerprint density at radius 3 is 2.44 bits per heavy atom. The summed E-state index contributed by atoms with van der Waals surface area (Å²) >= 11 is 1.87. The molecule has 2 aliphatic rings. The highest BCUT2D eigenvalue weighted by atomic mass is 32.2.